The molecule has 26 heavy (non-hydrogen) atoms. The molecule has 2 aromatic rings. The third kappa shape index (κ3) is 3.29. The van der Waals surface area contributed by atoms with Gasteiger partial charge < -0.3 is 15.7 Å². The first-order valence-corrected chi connectivity index (χ1v) is 8.71. The predicted molar refractivity (Wildman–Crippen MR) is 101 cm³/mol. The Bertz CT molecular complexity index is 851. The molecule has 0 saturated carbocycles. The molecule has 0 bridgehead atoms. The number of fused-ring (bicyclic) bond motifs is 1. The van der Waals surface area contributed by atoms with Crippen molar-refractivity contribution < 1.29 is 14.7 Å². The molecule has 2 amide bonds. The van der Waals surface area contributed by atoms with E-state index in [9.17, 15) is 14.7 Å². The van der Waals surface area contributed by atoms with Crippen LogP contribution >= 0.6 is 0 Å². The number of hydrogen-bond acceptors (Lipinski definition) is 2. The number of carbonyl (C=O) groups is 2. The molecule has 0 aliphatic carbocycles. The molecule has 1 aliphatic rings. The minimum absolute atomic E-state index is 0.200. The molecule has 0 aromatic heterocycles. The van der Waals surface area contributed by atoms with E-state index in [2.05, 4.69) is 32.9 Å². The monoisotopic (exact) mass is 352 g/mol. The zero-order valence-corrected chi connectivity index (χ0v) is 15.3. The summed E-state index contributed by atoms with van der Waals surface area (Å²) in [6, 6.07) is 13.2. The van der Waals surface area contributed by atoms with Crippen LogP contribution in [0.4, 0.5) is 4.79 Å². The van der Waals surface area contributed by atoms with Gasteiger partial charge in [-0.2, -0.15) is 0 Å². The van der Waals surface area contributed by atoms with Crippen molar-refractivity contribution in [3.05, 3.63) is 59.2 Å². The van der Waals surface area contributed by atoms with Crippen LogP contribution in [-0.4, -0.2) is 28.6 Å². The number of carboxylic acid groups (broad SMARTS) is 1. The van der Waals surface area contributed by atoms with Crippen molar-refractivity contribution in [2.75, 3.05) is 6.54 Å². The van der Waals surface area contributed by atoms with Gasteiger partial charge in [-0.25, -0.2) is 4.79 Å². The Morgan fingerprint density at radius 2 is 1.69 bits per heavy atom. The van der Waals surface area contributed by atoms with Gasteiger partial charge in [0.25, 0.3) is 0 Å². The van der Waals surface area contributed by atoms with Gasteiger partial charge in [-0.05, 0) is 52.3 Å². The molecular weight excluding hydrogens is 328 g/mol. The Balaban J connectivity index is 2.07. The quantitative estimate of drug-likeness (QED) is 0.854. The Morgan fingerprint density at radius 3 is 2.23 bits per heavy atom. The Kier molecular flexibility index (Phi) is 4.48. The maximum Gasteiger partial charge on any atom is 0.407 e. The molecule has 0 radical (unpaired) electrons. The second-order valence-electron chi connectivity index (χ2n) is 7.85. The van der Waals surface area contributed by atoms with Crippen molar-refractivity contribution in [1.29, 1.82) is 0 Å². The number of nitrogens with two attached hydrogens (primary N) is 1. The summed E-state index contributed by atoms with van der Waals surface area (Å²) >= 11 is 0. The lowest BCUT2D eigenvalue weighted by atomic mass is 9.76. The van der Waals surface area contributed by atoms with Crippen LogP contribution in [0.1, 0.15) is 48.3 Å². The van der Waals surface area contributed by atoms with Crippen molar-refractivity contribution >= 4 is 12.0 Å². The van der Waals surface area contributed by atoms with Crippen LogP contribution in [-0.2, 0) is 6.42 Å². The van der Waals surface area contributed by atoms with Crippen LogP contribution in [0.15, 0.2) is 42.5 Å². The van der Waals surface area contributed by atoms with E-state index < -0.39 is 12.0 Å². The lowest BCUT2D eigenvalue weighted by Gasteiger charge is -2.43. The van der Waals surface area contributed by atoms with E-state index in [4.69, 9.17) is 5.73 Å². The van der Waals surface area contributed by atoms with E-state index in [1.165, 1.54) is 5.56 Å². The van der Waals surface area contributed by atoms with Crippen LogP contribution in [0, 0.1) is 5.41 Å². The summed E-state index contributed by atoms with van der Waals surface area (Å²) in [5.74, 6) is -0.452. The standard InChI is InChI=1S/C21H24N2O3/c1-21(2,3)18-17-12-16(13-4-7-15(8-5-13)19(22)24)9-6-14(17)10-11-23(18)20(25)26/h4-9,12,18H,10-11H2,1-3H3,(H2,22,24)(H,25,26). The Morgan fingerprint density at radius 1 is 1.08 bits per heavy atom. The van der Waals surface area contributed by atoms with Gasteiger partial charge in [0.1, 0.15) is 0 Å². The summed E-state index contributed by atoms with van der Waals surface area (Å²) in [4.78, 5) is 24.6. The minimum atomic E-state index is -0.883. The third-order valence-electron chi connectivity index (χ3n) is 4.94. The summed E-state index contributed by atoms with van der Waals surface area (Å²) in [5, 5.41) is 9.65. The molecule has 1 aliphatic heterocycles. The van der Waals surface area contributed by atoms with Crippen molar-refractivity contribution in [3.63, 3.8) is 0 Å². The highest BCUT2D eigenvalue weighted by Crippen LogP contribution is 2.43. The number of benzene rings is 2. The number of amides is 2. The van der Waals surface area contributed by atoms with E-state index in [0.29, 0.717) is 12.1 Å². The summed E-state index contributed by atoms with van der Waals surface area (Å²) in [6.45, 7) is 6.71. The van der Waals surface area contributed by atoms with E-state index in [1.54, 1.807) is 17.0 Å². The molecule has 0 fully saturated rings. The zero-order valence-electron chi connectivity index (χ0n) is 15.3. The molecule has 1 unspecified atom stereocenters. The molecule has 3 N–H and O–H groups in total. The van der Waals surface area contributed by atoms with Gasteiger partial charge in [0, 0.05) is 12.1 Å². The van der Waals surface area contributed by atoms with E-state index in [0.717, 1.165) is 23.1 Å². The van der Waals surface area contributed by atoms with Gasteiger partial charge in [0.15, 0.2) is 0 Å². The molecule has 5 nitrogen and oxygen atoms in total. The predicted octanol–water partition coefficient (Wildman–Crippen LogP) is 4.08. The number of primary amides is 1. The maximum absolute atomic E-state index is 11.8. The van der Waals surface area contributed by atoms with Crippen LogP contribution < -0.4 is 5.73 Å². The van der Waals surface area contributed by atoms with Gasteiger partial charge in [0.2, 0.25) is 5.91 Å². The number of rotatable bonds is 2. The Hall–Kier alpha value is -2.82. The van der Waals surface area contributed by atoms with E-state index in [-0.39, 0.29) is 11.5 Å². The van der Waals surface area contributed by atoms with Gasteiger partial charge in [-0.15, -0.1) is 0 Å². The molecule has 136 valence electrons. The fraction of sp³-hybridized carbons (Fsp3) is 0.333. The topological polar surface area (TPSA) is 83.6 Å². The van der Waals surface area contributed by atoms with Crippen LogP contribution in [0.2, 0.25) is 0 Å². The highest BCUT2D eigenvalue weighted by molar-refractivity contribution is 5.93. The number of carbonyl (C=O) groups excluding carboxylic acids is 1. The first-order chi connectivity index (χ1) is 12.2. The first-order valence-electron chi connectivity index (χ1n) is 8.71. The zero-order chi connectivity index (χ0) is 19.1. The van der Waals surface area contributed by atoms with Gasteiger partial charge >= 0.3 is 6.09 Å². The fourth-order valence-electron chi connectivity index (χ4n) is 3.76. The van der Waals surface area contributed by atoms with Crippen molar-refractivity contribution in [3.8, 4) is 11.1 Å². The average Bonchev–Trinajstić information content (AvgIpc) is 2.59. The Labute approximate surface area is 153 Å². The SMILES string of the molecule is CC(C)(C)C1c2cc(-c3ccc(C(N)=O)cc3)ccc2CCN1C(=O)O. The summed E-state index contributed by atoms with van der Waals surface area (Å²) in [6.07, 6.45) is -0.165. The number of nitrogens with zero attached hydrogens (tertiary/aromatic N) is 1. The molecule has 1 heterocycles. The van der Waals surface area contributed by atoms with Crippen LogP contribution in [0.25, 0.3) is 11.1 Å². The maximum atomic E-state index is 11.8. The van der Waals surface area contributed by atoms with Gasteiger partial charge in [0.05, 0.1) is 6.04 Å². The normalized spacial score (nSPS) is 16.9. The average molecular weight is 352 g/mol. The molecule has 0 saturated heterocycles. The molecule has 2 aromatic carbocycles. The lowest BCUT2D eigenvalue weighted by molar-refractivity contribution is 0.0759. The van der Waals surface area contributed by atoms with Crippen LogP contribution in [0.3, 0.4) is 0 Å². The highest BCUT2D eigenvalue weighted by atomic mass is 16.4. The minimum Gasteiger partial charge on any atom is -0.465 e. The van der Waals surface area contributed by atoms with Gasteiger partial charge in [-0.3, -0.25) is 4.79 Å². The van der Waals surface area contributed by atoms with Gasteiger partial charge in [-0.1, -0.05) is 45.0 Å². The molecular formula is C21H24N2O3. The van der Waals surface area contributed by atoms with Crippen LogP contribution in [0.5, 0.6) is 0 Å². The van der Waals surface area contributed by atoms with E-state index >= 15 is 0 Å². The largest absolute Gasteiger partial charge is 0.465 e. The van der Waals surface area contributed by atoms with Crippen molar-refractivity contribution in [2.45, 2.75) is 33.2 Å². The highest BCUT2D eigenvalue weighted by Gasteiger charge is 2.38. The molecule has 3 rings (SSSR count). The summed E-state index contributed by atoms with van der Waals surface area (Å²) in [7, 11) is 0. The van der Waals surface area contributed by atoms with Crippen molar-refractivity contribution in [2.24, 2.45) is 11.1 Å². The fourth-order valence-corrected chi connectivity index (χ4v) is 3.76. The number of hydrogen-bond donors (Lipinski definition) is 2. The molecule has 1 atom stereocenters. The molecule has 5 heteroatoms. The summed E-state index contributed by atoms with van der Waals surface area (Å²) < 4.78 is 0. The molecule has 0 spiro atoms. The van der Waals surface area contributed by atoms with Crippen molar-refractivity contribution in [1.82, 2.24) is 4.90 Å². The van der Waals surface area contributed by atoms with E-state index in [1.807, 2.05) is 18.2 Å². The third-order valence-corrected chi connectivity index (χ3v) is 4.94. The second-order valence-corrected chi connectivity index (χ2v) is 7.85. The lowest BCUT2D eigenvalue weighted by Crippen LogP contribution is -2.44. The summed E-state index contributed by atoms with van der Waals surface area (Å²) in [5.41, 5.74) is 9.78. The second kappa shape index (κ2) is 6.48. The smallest absolute Gasteiger partial charge is 0.407 e. The first kappa shape index (κ1) is 18.0.